The Bertz CT molecular complexity index is 501. The number of aliphatic hydroxyl groups excluding tert-OH is 6. The van der Waals surface area contributed by atoms with E-state index in [0.29, 0.717) is 6.42 Å². The Hall–Kier alpha value is -0.480. The summed E-state index contributed by atoms with van der Waals surface area (Å²) in [6.45, 7) is 2.38. The summed E-state index contributed by atoms with van der Waals surface area (Å²) in [4.78, 5) is 0. The first kappa shape index (κ1) is 24.8. The van der Waals surface area contributed by atoms with Crippen LogP contribution in [0, 0.1) is 0 Å². The molecule has 0 saturated carbocycles. The third-order valence-corrected chi connectivity index (χ3v) is 5.42. The molecular weight excluding hydrogens is 392 g/mol. The monoisotopic (exact) mass is 426 g/mol. The minimum absolute atomic E-state index is 0.477. The predicted molar refractivity (Wildman–Crippen MR) is 97.2 cm³/mol. The molecule has 10 N–H and O–H groups in total. The van der Waals surface area contributed by atoms with Crippen molar-refractivity contribution in [3.8, 4) is 0 Å². The molecule has 0 radical (unpaired) electrons. The van der Waals surface area contributed by atoms with Gasteiger partial charge >= 0.3 is 0 Å². The molecule has 2 heterocycles. The number of nitrogens with two attached hydrogens (primary N) is 2. The number of rotatable bonds is 9. The molecule has 0 aromatic rings. The van der Waals surface area contributed by atoms with Crippen LogP contribution in [0.5, 0.6) is 0 Å². The standard InChI is InChI=1S/C17H34N2O10/c1-3-7(18)15(6(2)26-17-14(25)12(23)9(5-21)28-17)29-16-10(19)13(24)11(22)8(4-20)27-16/h6-17,20-25H,3-5,18-19H2,1-2H3/t6-,7?,8?,9-,10?,11-,12?,13-,14+,15+,16-,17-/m1/s1. The Kier molecular flexibility index (Phi) is 9.15. The van der Waals surface area contributed by atoms with E-state index in [2.05, 4.69) is 0 Å². The van der Waals surface area contributed by atoms with Crippen molar-refractivity contribution in [2.75, 3.05) is 13.2 Å². The molecule has 2 rings (SSSR count). The van der Waals surface area contributed by atoms with Crippen molar-refractivity contribution in [1.82, 2.24) is 0 Å². The van der Waals surface area contributed by atoms with E-state index in [0.717, 1.165) is 0 Å². The van der Waals surface area contributed by atoms with Crippen LogP contribution < -0.4 is 11.5 Å². The van der Waals surface area contributed by atoms with Crippen molar-refractivity contribution in [2.45, 2.75) is 93.8 Å². The summed E-state index contributed by atoms with van der Waals surface area (Å²) in [6.07, 6.45) is -11.1. The number of hydrogen-bond donors (Lipinski definition) is 8. The maximum atomic E-state index is 10.1. The molecule has 12 heteroatoms. The van der Waals surface area contributed by atoms with Gasteiger partial charge in [-0.15, -0.1) is 0 Å². The van der Waals surface area contributed by atoms with Crippen molar-refractivity contribution in [2.24, 2.45) is 11.5 Å². The lowest BCUT2D eigenvalue weighted by atomic mass is 9.97. The van der Waals surface area contributed by atoms with Crippen molar-refractivity contribution in [1.29, 1.82) is 0 Å². The van der Waals surface area contributed by atoms with Gasteiger partial charge in [-0.2, -0.15) is 0 Å². The van der Waals surface area contributed by atoms with Gasteiger partial charge in [-0.3, -0.25) is 0 Å². The molecule has 12 atom stereocenters. The smallest absolute Gasteiger partial charge is 0.187 e. The highest BCUT2D eigenvalue weighted by Crippen LogP contribution is 2.27. The lowest BCUT2D eigenvalue weighted by molar-refractivity contribution is -0.297. The van der Waals surface area contributed by atoms with Crippen LogP contribution in [0.15, 0.2) is 0 Å². The second-order valence-corrected chi connectivity index (χ2v) is 7.50. The van der Waals surface area contributed by atoms with Gasteiger partial charge in [-0.25, -0.2) is 0 Å². The third kappa shape index (κ3) is 5.42. The number of hydrogen-bond acceptors (Lipinski definition) is 12. The highest BCUT2D eigenvalue weighted by atomic mass is 16.7. The molecule has 29 heavy (non-hydrogen) atoms. The third-order valence-electron chi connectivity index (χ3n) is 5.42. The quantitative estimate of drug-likeness (QED) is 0.176. The SMILES string of the molecule is CCC(N)[C@@H](O[C@H]1OC(CO)[C@@H](O)[C@H](O)C1N)[C@@H](C)O[C@@H]1O[C@H](CO)C(O)[C@@H]1O. The first-order valence-electron chi connectivity index (χ1n) is 9.73. The molecule has 0 aromatic carbocycles. The Morgan fingerprint density at radius 1 is 0.862 bits per heavy atom. The topological polar surface area (TPSA) is 210 Å². The van der Waals surface area contributed by atoms with Crippen LogP contribution >= 0.6 is 0 Å². The van der Waals surface area contributed by atoms with E-state index in [9.17, 15) is 30.6 Å². The van der Waals surface area contributed by atoms with Gasteiger partial charge in [0.1, 0.15) is 42.7 Å². The molecule has 2 saturated heterocycles. The van der Waals surface area contributed by atoms with Crippen molar-refractivity contribution in [3.05, 3.63) is 0 Å². The van der Waals surface area contributed by atoms with Gasteiger partial charge in [0.15, 0.2) is 12.6 Å². The molecule has 12 nitrogen and oxygen atoms in total. The minimum Gasteiger partial charge on any atom is -0.394 e. The molecule has 0 aromatic heterocycles. The van der Waals surface area contributed by atoms with Gasteiger partial charge in [0.05, 0.1) is 25.4 Å². The van der Waals surface area contributed by atoms with E-state index in [1.807, 2.05) is 6.92 Å². The molecular formula is C17H34N2O10. The predicted octanol–water partition coefficient (Wildman–Crippen LogP) is -4.28. The highest BCUT2D eigenvalue weighted by Gasteiger charge is 2.47. The normalized spacial score (nSPS) is 43.9. The zero-order valence-electron chi connectivity index (χ0n) is 16.5. The summed E-state index contributed by atoms with van der Waals surface area (Å²) in [5.41, 5.74) is 12.1. The largest absolute Gasteiger partial charge is 0.394 e. The fourth-order valence-corrected chi connectivity index (χ4v) is 3.44. The Morgan fingerprint density at radius 2 is 1.38 bits per heavy atom. The van der Waals surface area contributed by atoms with E-state index >= 15 is 0 Å². The summed E-state index contributed by atoms with van der Waals surface area (Å²) in [6, 6.07) is -1.67. The fourth-order valence-electron chi connectivity index (χ4n) is 3.44. The lowest BCUT2D eigenvalue weighted by Gasteiger charge is -2.43. The summed E-state index contributed by atoms with van der Waals surface area (Å²) < 4.78 is 22.3. The fraction of sp³-hybridized carbons (Fsp3) is 1.00. The lowest BCUT2D eigenvalue weighted by Crippen LogP contribution is -2.64. The zero-order chi connectivity index (χ0) is 21.9. The van der Waals surface area contributed by atoms with Crippen molar-refractivity contribution < 1.29 is 49.6 Å². The molecule has 0 spiro atoms. The second kappa shape index (κ2) is 10.7. The van der Waals surface area contributed by atoms with Crippen molar-refractivity contribution >= 4 is 0 Å². The van der Waals surface area contributed by atoms with E-state index in [1.165, 1.54) is 0 Å². The van der Waals surface area contributed by atoms with Gasteiger partial charge in [0, 0.05) is 6.04 Å². The average molecular weight is 426 g/mol. The molecule has 172 valence electrons. The van der Waals surface area contributed by atoms with Crippen LogP contribution in [0.2, 0.25) is 0 Å². The average Bonchev–Trinajstić information content (AvgIpc) is 2.98. The second-order valence-electron chi connectivity index (χ2n) is 7.50. The maximum Gasteiger partial charge on any atom is 0.187 e. The molecule has 2 fully saturated rings. The van der Waals surface area contributed by atoms with Gasteiger partial charge in [-0.05, 0) is 13.3 Å². The van der Waals surface area contributed by atoms with E-state index in [-0.39, 0.29) is 0 Å². The molecule has 2 aliphatic heterocycles. The maximum absolute atomic E-state index is 10.1. The first-order valence-corrected chi connectivity index (χ1v) is 9.73. The summed E-state index contributed by atoms with van der Waals surface area (Å²) >= 11 is 0. The van der Waals surface area contributed by atoms with Gasteiger partial charge in [0.2, 0.25) is 0 Å². The van der Waals surface area contributed by atoms with Crippen LogP contribution in [0.4, 0.5) is 0 Å². The Morgan fingerprint density at radius 3 is 1.90 bits per heavy atom. The van der Waals surface area contributed by atoms with E-state index in [4.69, 9.17) is 30.4 Å². The molecule has 2 aliphatic rings. The summed E-state index contributed by atoms with van der Waals surface area (Å²) in [5.74, 6) is 0. The molecule has 4 unspecified atom stereocenters. The van der Waals surface area contributed by atoms with Gasteiger partial charge in [0.25, 0.3) is 0 Å². The number of ether oxygens (including phenoxy) is 4. The van der Waals surface area contributed by atoms with Gasteiger partial charge in [-0.1, -0.05) is 6.92 Å². The van der Waals surface area contributed by atoms with Crippen LogP contribution in [0.3, 0.4) is 0 Å². The van der Waals surface area contributed by atoms with E-state index < -0.39 is 86.7 Å². The van der Waals surface area contributed by atoms with Gasteiger partial charge < -0.3 is 61.1 Å². The molecule has 0 amide bonds. The molecule has 0 aliphatic carbocycles. The molecule has 0 bridgehead atoms. The van der Waals surface area contributed by atoms with Crippen LogP contribution in [0.25, 0.3) is 0 Å². The Balaban J connectivity index is 2.09. The van der Waals surface area contributed by atoms with Crippen LogP contribution in [-0.2, 0) is 18.9 Å². The van der Waals surface area contributed by atoms with E-state index in [1.54, 1.807) is 6.92 Å². The van der Waals surface area contributed by atoms with Crippen LogP contribution in [-0.4, -0.2) is 117 Å². The number of aliphatic hydroxyl groups is 6. The van der Waals surface area contributed by atoms with Crippen molar-refractivity contribution in [3.63, 3.8) is 0 Å². The first-order chi connectivity index (χ1) is 13.7. The Labute approximate surface area is 168 Å². The van der Waals surface area contributed by atoms with Crippen LogP contribution in [0.1, 0.15) is 20.3 Å². The summed E-state index contributed by atoms with van der Waals surface area (Å²) in [5, 5.41) is 58.5. The summed E-state index contributed by atoms with van der Waals surface area (Å²) in [7, 11) is 0. The zero-order valence-corrected chi connectivity index (χ0v) is 16.5. The highest BCUT2D eigenvalue weighted by molar-refractivity contribution is 4.93. The minimum atomic E-state index is -1.39.